The van der Waals surface area contributed by atoms with Crippen molar-refractivity contribution in [3.05, 3.63) is 0 Å². The van der Waals surface area contributed by atoms with Crippen molar-refractivity contribution >= 4 is 19.3 Å². The molecule has 1 heterocycles. The Hall–Kier alpha value is 0.314. The van der Waals surface area contributed by atoms with Gasteiger partial charge in [0.15, 0.2) is 8.32 Å². The van der Waals surface area contributed by atoms with E-state index in [1.807, 2.05) is 7.11 Å². The molecule has 0 aromatic carbocycles. The minimum absolute atomic E-state index is 0. The number of ether oxygens (including phenoxy) is 2. The predicted molar refractivity (Wildman–Crippen MR) is 65.8 cm³/mol. The van der Waals surface area contributed by atoms with Gasteiger partial charge >= 0.3 is 0 Å². The van der Waals surface area contributed by atoms with Crippen LogP contribution >= 0.6 is 0 Å². The Balaban J connectivity index is 0.00000169. The maximum atomic E-state index is 5.44. The molecule has 0 aromatic heterocycles. The minimum atomic E-state index is -1.35. The molecule has 0 N–H and O–H groups in total. The van der Waals surface area contributed by atoms with Crippen molar-refractivity contribution in [2.24, 2.45) is 0 Å². The molecule has 14 heavy (non-hydrogen) atoms. The number of hydrogen-bond acceptors (Lipinski definition) is 3. The third kappa shape index (κ3) is 6.72. The van der Waals surface area contributed by atoms with Crippen LogP contribution in [0.5, 0.6) is 0 Å². The molecule has 0 aromatic rings. The topological polar surface area (TPSA) is 31.0 Å². The molecule has 0 spiro atoms. The summed E-state index contributed by atoms with van der Waals surface area (Å²) in [6.07, 6.45) is 1.51. The summed E-state index contributed by atoms with van der Waals surface area (Å²) in [6, 6.07) is 1.18. The molecule has 0 saturated carbocycles. The zero-order valence-corrected chi connectivity index (χ0v) is 9.84. The van der Waals surface area contributed by atoms with Crippen molar-refractivity contribution in [1.82, 2.24) is 0 Å². The van der Waals surface area contributed by atoms with Crippen LogP contribution < -0.4 is 0 Å². The van der Waals surface area contributed by atoms with Crippen molar-refractivity contribution in [1.29, 1.82) is 0 Å². The van der Waals surface area contributed by atoms with Gasteiger partial charge in [-0.1, -0.05) is 0 Å². The number of epoxide rings is 1. The molecule has 5 heteroatoms. The third-order valence-electron chi connectivity index (χ3n) is 2.33. The van der Waals surface area contributed by atoms with Crippen LogP contribution in [0, 0.1) is 0 Å². The summed E-state index contributed by atoms with van der Waals surface area (Å²) < 4.78 is 15.9. The van der Waals surface area contributed by atoms with Crippen LogP contribution in [0.15, 0.2) is 0 Å². The quantitative estimate of drug-likeness (QED) is 0.359. The average Bonchev–Trinajstić information content (AvgIpc) is 2.87. The molecular weight excluding hydrogens is 212 g/mol. The highest BCUT2D eigenvalue weighted by molar-refractivity contribution is 6.71. The third-order valence-corrected chi connectivity index (χ3v) is 4.99. The van der Waals surface area contributed by atoms with E-state index in [9.17, 15) is 0 Å². The number of rotatable bonds is 7. The van der Waals surface area contributed by atoms with Crippen molar-refractivity contribution < 1.29 is 13.9 Å². The van der Waals surface area contributed by atoms with Crippen LogP contribution in [0.1, 0.15) is 6.42 Å². The van der Waals surface area contributed by atoms with Crippen LogP contribution in [0.3, 0.4) is 0 Å². The van der Waals surface area contributed by atoms with E-state index in [1.165, 1.54) is 6.04 Å². The van der Waals surface area contributed by atoms with E-state index in [-0.39, 0.29) is 11.0 Å². The Morgan fingerprint density at radius 2 is 2.07 bits per heavy atom. The molecule has 0 aliphatic carbocycles. The van der Waals surface area contributed by atoms with Gasteiger partial charge in [-0.3, -0.25) is 0 Å². The molecule has 1 rings (SSSR count). The molecule has 1 aliphatic heterocycles. The van der Waals surface area contributed by atoms with E-state index in [0.717, 1.165) is 26.2 Å². The standard InChI is InChI=1S/C9H20O3Si.H4Si/c1-10-13(2,3)6-4-5-11-7-9-8-12-9;/h9H,4-8H2,1-3H3;1H4. The van der Waals surface area contributed by atoms with Crippen LogP contribution in [-0.2, 0) is 13.9 Å². The first-order chi connectivity index (χ1) is 6.14. The van der Waals surface area contributed by atoms with Gasteiger partial charge in [-0.15, -0.1) is 0 Å². The lowest BCUT2D eigenvalue weighted by atomic mass is 10.5. The largest absolute Gasteiger partial charge is 0.420 e. The zero-order chi connectivity index (χ0) is 9.73. The summed E-state index contributed by atoms with van der Waals surface area (Å²) in [5.41, 5.74) is 0. The van der Waals surface area contributed by atoms with Gasteiger partial charge in [0.25, 0.3) is 0 Å². The second-order valence-corrected chi connectivity index (χ2v) is 8.53. The second-order valence-electron chi connectivity index (χ2n) is 4.10. The lowest BCUT2D eigenvalue weighted by Crippen LogP contribution is -2.28. The molecule has 86 valence electrons. The first-order valence-electron chi connectivity index (χ1n) is 4.88. The number of hydrogen-bond donors (Lipinski definition) is 0. The van der Waals surface area contributed by atoms with Gasteiger partial charge in [-0.05, 0) is 36.5 Å². The average molecular weight is 236 g/mol. The van der Waals surface area contributed by atoms with Gasteiger partial charge in [-0.25, -0.2) is 0 Å². The van der Waals surface area contributed by atoms with Gasteiger partial charge in [0.1, 0.15) is 6.10 Å². The molecule has 0 bridgehead atoms. The molecule has 1 fully saturated rings. The Bertz CT molecular complexity index is 149. The highest BCUT2D eigenvalue weighted by Gasteiger charge is 2.23. The fraction of sp³-hybridized carbons (Fsp3) is 1.00. The van der Waals surface area contributed by atoms with Crippen molar-refractivity contribution in [3.8, 4) is 0 Å². The van der Waals surface area contributed by atoms with Crippen molar-refractivity contribution in [3.63, 3.8) is 0 Å². The Morgan fingerprint density at radius 3 is 2.57 bits per heavy atom. The van der Waals surface area contributed by atoms with Gasteiger partial charge in [-0.2, -0.15) is 0 Å². The molecule has 1 unspecified atom stereocenters. The van der Waals surface area contributed by atoms with E-state index in [4.69, 9.17) is 13.9 Å². The van der Waals surface area contributed by atoms with E-state index in [0.29, 0.717) is 6.10 Å². The van der Waals surface area contributed by atoms with E-state index >= 15 is 0 Å². The SMILES string of the molecule is CO[Si](C)(C)CCCOCC1CO1.[SiH4]. The second kappa shape index (κ2) is 6.73. The summed E-state index contributed by atoms with van der Waals surface area (Å²) in [5, 5.41) is 0. The van der Waals surface area contributed by atoms with Gasteiger partial charge in [0, 0.05) is 13.7 Å². The van der Waals surface area contributed by atoms with Crippen LogP contribution in [-0.4, -0.2) is 52.3 Å². The molecule has 0 amide bonds. The predicted octanol–water partition coefficient (Wildman–Crippen LogP) is 0.192. The van der Waals surface area contributed by atoms with Gasteiger partial charge in [0.2, 0.25) is 0 Å². The molecule has 1 atom stereocenters. The zero-order valence-electron chi connectivity index (χ0n) is 8.84. The molecule has 1 saturated heterocycles. The summed E-state index contributed by atoms with van der Waals surface area (Å²) in [7, 11) is 0.461. The van der Waals surface area contributed by atoms with Crippen LogP contribution in [0.4, 0.5) is 0 Å². The molecule has 0 radical (unpaired) electrons. The van der Waals surface area contributed by atoms with Crippen molar-refractivity contribution in [2.75, 3.05) is 26.9 Å². The lowest BCUT2D eigenvalue weighted by molar-refractivity contribution is 0.116. The summed E-state index contributed by atoms with van der Waals surface area (Å²) in [5.74, 6) is 0. The fourth-order valence-corrected chi connectivity index (χ4v) is 2.28. The normalized spacial score (nSPS) is 20.4. The molecule has 3 nitrogen and oxygen atoms in total. The first-order valence-corrected chi connectivity index (χ1v) is 8.00. The van der Waals surface area contributed by atoms with Gasteiger partial charge in [0.05, 0.1) is 13.2 Å². The molecule has 1 aliphatic rings. The van der Waals surface area contributed by atoms with Crippen LogP contribution in [0.25, 0.3) is 0 Å². The smallest absolute Gasteiger partial charge is 0.186 e. The maximum absolute atomic E-state index is 5.44. The van der Waals surface area contributed by atoms with Crippen molar-refractivity contribution in [2.45, 2.75) is 31.7 Å². The van der Waals surface area contributed by atoms with Crippen LogP contribution in [0.2, 0.25) is 19.1 Å². The van der Waals surface area contributed by atoms with E-state index in [1.54, 1.807) is 0 Å². The first kappa shape index (κ1) is 14.3. The fourth-order valence-electron chi connectivity index (χ4n) is 1.08. The minimum Gasteiger partial charge on any atom is -0.420 e. The Morgan fingerprint density at radius 1 is 1.43 bits per heavy atom. The molecular formula is C9H24O3Si2. The Kier molecular flexibility index (Phi) is 6.89. The monoisotopic (exact) mass is 236 g/mol. The highest BCUT2D eigenvalue weighted by atomic mass is 28.4. The summed E-state index contributed by atoms with van der Waals surface area (Å²) in [6.45, 7) is 6.97. The van der Waals surface area contributed by atoms with Gasteiger partial charge < -0.3 is 13.9 Å². The Labute approximate surface area is 92.3 Å². The van der Waals surface area contributed by atoms with E-state index < -0.39 is 8.32 Å². The summed E-state index contributed by atoms with van der Waals surface area (Å²) >= 11 is 0. The van der Waals surface area contributed by atoms with E-state index in [2.05, 4.69) is 13.1 Å². The maximum Gasteiger partial charge on any atom is 0.186 e. The highest BCUT2D eigenvalue weighted by Crippen LogP contribution is 2.13. The lowest BCUT2D eigenvalue weighted by Gasteiger charge is -2.19. The summed E-state index contributed by atoms with van der Waals surface area (Å²) in [4.78, 5) is 0.